The number of furan rings is 1. The standard InChI is InChI=1S/C20H22N4O2/c1-13-11-24(12-14(2)26-13)20-22-10-18(16-4-7-21-8-5-16)19(23-20)17-6-9-25-15(17)3/h4-10,13-14H,11-12H2,1-3H3. The topological polar surface area (TPSA) is 64.3 Å². The van der Waals surface area contributed by atoms with E-state index in [0.717, 1.165) is 47.2 Å². The molecule has 1 aliphatic heterocycles. The Morgan fingerprint density at radius 1 is 1.04 bits per heavy atom. The monoisotopic (exact) mass is 350 g/mol. The van der Waals surface area contributed by atoms with Gasteiger partial charge in [-0.2, -0.15) is 0 Å². The summed E-state index contributed by atoms with van der Waals surface area (Å²) < 4.78 is 11.4. The lowest BCUT2D eigenvalue weighted by molar-refractivity contribution is -0.00571. The van der Waals surface area contributed by atoms with E-state index in [9.17, 15) is 0 Å². The number of pyridine rings is 1. The van der Waals surface area contributed by atoms with Gasteiger partial charge in [0.2, 0.25) is 5.95 Å². The Bertz CT molecular complexity index is 884. The van der Waals surface area contributed by atoms with Crippen LogP contribution in [0, 0.1) is 6.92 Å². The Labute approximate surface area is 152 Å². The zero-order valence-corrected chi connectivity index (χ0v) is 15.2. The van der Waals surface area contributed by atoms with Crippen LogP contribution in [0.5, 0.6) is 0 Å². The predicted octanol–water partition coefficient (Wildman–Crippen LogP) is 3.72. The van der Waals surface area contributed by atoms with Gasteiger partial charge in [0.15, 0.2) is 0 Å². The summed E-state index contributed by atoms with van der Waals surface area (Å²) in [6.07, 6.45) is 7.45. The SMILES string of the molecule is Cc1occc1-c1nc(N2CC(C)OC(C)C2)ncc1-c1ccncc1. The van der Waals surface area contributed by atoms with E-state index >= 15 is 0 Å². The third kappa shape index (κ3) is 3.20. The normalized spacial score (nSPS) is 20.3. The summed E-state index contributed by atoms with van der Waals surface area (Å²) in [7, 11) is 0. The van der Waals surface area contributed by atoms with E-state index < -0.39 is 0 Å². The quantitative estimate of drug-likeness (QED) is 0.717. The zero-order chi connectivity index (χ0) is 18.1. The van der Waals surface area contributed by atoms with Gasteiger partial charge < -0.3 is 14.1 Å². The highest BCUT2D eigenvalue weighted by atomic mass is 16.5. The van der Waals surface area contributed by atoms with Crippen molar-refractivity contribution >= 4 is 5.95 Å². The van der Waals surface area contributed by atoms with E-state index in [1.807, 2.05) is 31.3 Å². The van der Waals surface area contributed by atoms with Gasteiger partial charge in [0.25, 0.3) is 0 Å². The van der Waals surface area contributed by atoms with Crippen LogP contribution < -0.4 is 4.90 Å². The first kappa shape index (κ1) is 16.7. The Hall–Kier alpha value is -2.73. The molecule has 2 unspecified atom stereocenters. The second kappa shape index (κ2) is 6.88. The van der Waals surface area contributed by atoms with Gasteiger partial charge in [-0.05, 0) is 44.5 Å². The van der Waals surface area contributed by atoms with Crippen LogP contribution >= 0.6 is 0 Å². The molecule has 0 amide bonds. The second-order valence-electron chi connectivity index (χ2n) is 6.72. The molecule has 3 aromatic rings. The molecule has 0 saturated carbocycles. The van der Waals surface area contributed by atoms with E-state index in [-0.39, 0.29) is 12.2 Å². The number of aryl methyl sites for hydroxylation is 1. The fraction of sp³-hybridized carbons (Fsp3) is 0.350. The lowest BCUT2D eigenvalue weighted by atomic mass is 10.0. The van der Waals surface area contributed by atoms with Gasteiger partial charge in [-0.3, -0.25) is 4.98 Å². The molecule has 26 heavy (non-hydrogen) atoms. The molecule has 0 aromatic carbocycles. The van der Waals surface area contributed by atoms with Crippen molar-refractivity contribution in [3.63, 3.8) is 0 Å². The summed E-state index contributed by atoms with van der Waals surface area (Å²) in [6.45, 7) is 7.67. The van der Waals surface area contributed by atoms with Crippen LogP contribution in [0.1, 0.15) is 19.6 Å². The molecule has 4 heterocycles. The van der Waals surface area contributed by atoms with E-state index in [4.69, 9.17) is 14.1 Å². The molecule has 0 radical (unpaired) electrons. The van der Waals surface area contributed by atoms with E-state index in [2.05, 4.69) is 28.7 Å². The van der Waals surface area contributed by atoms with Crippen molar-refractivity contribution in [2.24, 2.45) is 0 Å². The molecule has 1 fully saturated rings. The van der Waals surface area contributed by atoms with Gasteiger partial charge in [-0.15, -0.1) is 0 Å². The fourth-order valence-electron chi connectivity index (χ4n) is 3.44. The summed E-state index contributed by atoms with van der Waals surface area (Å²) in [5, 5.41) is 0. The van der Waals surface area contributed by atoms with Crippen LogP contribution in [0.15, 0.2) is 47.5 Å². The Balaban J connectivity index is 1.81. The average molecular weight is 350 g/mol. The molecule has 3 aromatic heterocycles. The van der Waals surface area contributed by atoms with Gasteiger partial charge in [0.05, 0.1) is 24.2 Å². The maximum Gasteiger partial charge on any atom is 0.226 e. The summed E-state index contributed by atoms with van der Waals surface area (Å²) in [5.74, 6) is 1.56. The molecule has 134 valence electrons. The molecule has 1 saturated heterocycles. The first-order valence-electron chi connectivity index (χ1n) is 8.84. The summed E-state index contributed by atoms with van der Waals surface area (Å²) in [6, 6.07) is 5.89. The number of ether oxygens (including phenoxy) is 1. The number of hydrogen-bond donors (Lipinski definition) is 0. The minimum Gasteiger partial charge on any atom is -0.469 e. The number of aromatic nitrogens is 3. The molecule has 0 aliphatic carbocycles. The van der Waals surface area contributed by atoms with Crippen LogP contribution in [-0.4, -0.2) is 40.2 Å². The molecule has 6 heteroatoms. The Morgan fingerprint density at radius 2 is 1.77 bits per heavy atom. The minimum atomic E-state index is 0.154. The number of rotatable bonds is 3. The van der Waals surface area contributed by atoms with Crippen LogP contribution in [0.4, 0.5) is 5.95 Å². The predicted molar refractivity (Wildman–Crippen MR) is 99.9 cm³/mol. The summed E-state index contributed by atoms with van der Waals surface area (Å²) >= 11 is 0. The van der Waals surface area contributed by atoms with Crippen LogP contribution in [0.3, 0.4) is 0 Å². The van der Waals surface area contributed by atoms with Crippen LogP contribution in [0.25, 0.3) is 22.4 Å². The van der Waals surface area contributed by atoms with E-state index in [1.165, 1.54) is 0 Å². The van der Waals surface area contributed by atoms with Gasteiger partial charge in [0.1, 0.15) is 5.76 Å². The van der Waals surface area contributed by atoms with Crippen molar-refractivity contribution in [3.8, 4) is 22.4 Å². The molecule has 6 nitrogen and oxygen atoms in total. The second-order valence-corrected chi connectivity index (χ2v) is 6.72. The highest BCUT2D eigenvalue weighted by Crippen LogP contribution is 2.33. The summed E-state index contributed by atoms with van der Waals surface area (Å²) in [5.41, 5.74) is 3.86. The number of morpholine rings is 1. The fourth-order valence-corrected chi connectivity index (χ4v) is 3.44. The van der Waals surface area contributed by atoms with Crippen LogP contribution in [-0.2, 0) is 4.74 Å². The van der Waals surface area contributed by atoms with Crippen molar-refractivity contribution in [1.82, 2.24) is 15.0 Å². The largest absolute Gasteiger partial charge is 0.469 e. The molecule has 1 aliphatic rings. The molecule has 0 bridgehead atoms. The van der Waals surface area contributed by atoms with Crippen molar-refractivity contribution in [3.05, 3.63) is 48.8 Å². The number of anilines is 1. The third-order valence-electron chi connectivity index (χ3n) is 4.58. The zero-order valence-electron chi connectivity index (χ0n) is 15.2. The molecule has 4 rings (SSSR count). The maximum atomic E-state index is 5.83. The van der Waals surface area contributed by atoms with Crippen molar-refractivity contribution < 1.29 is 9.15 Å². The number of nitrogens with zero attached hydrogens (tertiary/aromatic N) is 4. The number of hydrogen-bond acceptors (Lipinski definition) is 6. The van der Waals surface area contributed by atoms with Crippen molar-refractivity contribution in [1.29, 1.82) is 0 Å². The molecule has 0 spiro atoms. The molecular formula is C20H22N4O2. The Kier molecular flexibility index (Phi) is 4.42. The van der Waals surface area contributed by atoms with Gasteiger partial charge in [-0.25, -0.2) is 9.97 Å². The Morgan fingerprint density at radius 3 is 2.42 bits per heavy atom. The highest BCUT2D eigenvalue weighted by molar-refractivity contribution is 5.81. The van der Waals surface area contributed by atoms with Crippen LogP contribution in [0.2, 0.25) is 0 Å². The minimum absolute atomic E-state index is 0.154. The molecule has 0 N–H and O–H groups in total. The van der Waals surface area contributed by atoms with Crippen molar-refractivity contribution in [2.45, 2.75) is 33.0 Å². The molecular weight excluding hydrogens is 328 g/mol. The molecule has 2 atom stereocenters. The smallest absolute Gasteiger partial charge is 0.226 e. The lowest BCUT2D eigenvalue weighted by Gasteiger charge is -2.35. The van der Waals surface area contributed by atoms with Crippen molar-refractivity contribution in [2.75, 3.05) is 18.0 Å². The first-order chi connectivity index (χ1) is 12.6. The highest BCUT2D eigenvalue weighted by Gasteiger charge is 2.25. The third-order valence-corrected chi connectivity index (χ3v) is 4.58. The first-order valence-corrected chi connectivity index (χ1v) is 8.84. The summed E-state index contributed by atoms with van der Waals surface area (Å²) in [4.78, 5) is 15.9. The average Bonchev–Trinajstić information content (AvgIpc) is 3.07. The maximum absolute atomic E-state index is 5.83. The van der Waals surface area contributed by atoms with Gasteiger partial charge >= 0.3 is 0 Å². The van der Waals surface area contributed by atoms with Gasteiger partial charge in [-0.1, -0.05) is 0 Å². The van der Waals surface area contributed by atoms with E-state index in [0.29, 0.717) is 0 Å². The van der Waals surface area contributed by atoms with E-state index in [1.54, 1.807) is 18.7 Å². The lowest BCUT2D eigenvalue weighted by Crippen LogP contribution is -2.46. The van der Waals surface area contributed by atoms with Gasteiger partial charge in [0, 0.05) is 42.8 Å².